The molecule has 2 N–H and O–H groups in total. The van der Waals surface area contributed by atoms with Crippen molar-refractivity contribution in [3.63, 3.8) is 0 Å². The van der Waals surface area contributed by atoms with Gasteiger partial charge < -0.3 is 10.6 Å². The second-order valence-electron chi connectivity index (χ2n) is 5.40. The van der Waals surface area contributed by atoms with Crippen LogP contribution in [-0.4, -0.2) is 11.8 Å². The van der Waals surface area contributed by atoms with E-state index in [9.17, 15) is 9.59 Å². The van der Waals surface area contributed by atoms with Crippen LogP contribution in [0.3, 0.4) is 0 Å². The van der Waals surface area contributed by atoms with Crippen molar-refractivity contribution in [3.05, 3.63) is 23.8 Å². The number of benzene rings is 1. The topological polar surface area (TPSA) is 58.2 Å². The molecule has 4 nitrogen and oxygen atoms in total. The Morgan fingerprint density at radius 1 is 1.10 bits per heavy atom. The Bertz CT molecular complexity index is 531. The molecule has 0 spiro atoms. The maximum atomic E-state index is 11.6. The summed E-state index contributed by atoms with van der Waals surface area (Å²) in [5.41, 5.74) is 2.23. The summed E-state index contributed by atoms with van der Waals surface area (Å²) in [5.74, 6) is -0.585. The largest absolute Gasteiger partial charge is 0.324 e. The van der Waals surface area contributed by atoms with Crippen LogP contribution in [0.15, 0.2) is 18.2 Å². The molecule has 114 valence electrons. The summed E-state index contributed by atoms with van der Waals surface area (Å²) in [5, 5.41) is 5.39. The number of halogens is 1. The SMILES string of the molecule is CCCCCCC(Cl)c1ccc2c(c1)NC(=O)CC(=O)N2. The van der Waals surface area contributed by atoms with E-state index in [1.54, 1.807) is 6.07 Å². The molecule has 1 heterocycles. The highest BCUT2D eigenvalue weighted by Crippen LogP contribution is 2.33. The second kappa shape index (κ2) is 7.46. The summed E-state index contributed by atoms with van der Waals surface area (Å²) < 4.78 is 0. The van der Waals surface area contributed by atoms with Gasteiger partial charge in [-0.15, -0.1) is 11.6 Å². The van der Waals surface area contributed by atoms with Crippen LogP contribution in [0.2, 0.25) is 0 Å². The van der Waals surface area contributed by atoms with Gasteiger partial charge >= 0.3 is 0 Å². The van der Waals surface area contributed by atoms with E-state index in [1.165, 1.54) is 19.3 Å². The molecule has 5 heteroatoms. The fourth-order valence-corrected chi connectivity index (χ4v) is 2.71. The number of unbranched alkanes of at least 4 members (excludes halogenated alkanes) is 3. The van der Waals surface area contributed by atoms with E-state index in [0.29, 0.717) is 11.4 Å². The van der Waals surface area contributed by atoms with Gasteiger partial charge in [0.1, 0.15) is 6.42 Å². The highest BCUT2D eigenvalue weighted by molar-refractivity contribution is 6.21. The number of alkyl halides is 1. The molecule has 0 fully saturated rings. The molecule has 21 heavy (non-hydrogen) atoms. The van der Waals surface area contributed by atoms with Gasteiger partial charge in [-0.3, -0.25) is 9.59 Å². The van der Waals surface area contributed by atoms with Gasteiger partial charge in [0.2, 0.25) is 11.8 Å². The van der Waals surface area contributed by atoms with E-state index in [-0.39, 0.29) is 23.6 Å². The minimum absolute atomic E-state index is 0.0667. The zero-order chi connectivity index (χ0) is 15.2. The monoisotopic (exact) mass is 308 g/mol. The Labute approximate surface area is 130 Å². The number of amides is 2. The molecule has 1 aliphatic rings. The zero-order valence-electron chi connectivity index (χ0n) is 12.2. The van der Waals surface area contributed by atoms with Crippen molar-refractivity contribution < 1.29 is 9.59 Å². The molecular formula is C16H21ClN2O2. The van der Waals surface area contributed by atoms with Gasteiger partial charge in [0.15, 0.2) is 0 Å². The Kier molecular flexibility index (Phi) is 5.62. The third-order valence-electron chi connectivity index (χ3n) is 3.59. The lowest BCUT2D eigenvalue weighted by Gasteiger charge is -2.13. The van der Waals surface area contributed by atoms with Crippen LogP contribution in [0.5, 0.6) is 0 Å². The van der Waals surface area contributed by atoms with Gasteiger partial charge in [-0.05, 0) is 24.1 Å². The van der Waals surface area contributed by atoms with Crippen LogP contribution >= 0.6 is 11.6 Å². The van der Waals surface area contributed by atoms with Gasteiger partial charge in [0.25, 0.3) is 0 Å². The summed E-state index contributed by atoms with van der Waals surface area (Å²) in [7, 11) is 0. The van der Waals surface area contributed by atoms with Crippen molar-refractivity contribution in [2.45, 2.75) is 50.8 Å². The van der Waals surface area contributed by atoms with Crippen LogP contribution in [0.1, 0.15) is 56.4 Å². The lowest BCUT2D eigenvalue weighted by molar-refractivity contribution is -0.123. The quantitative estimate of drug-likeness (QED) is 0.469. The molecule has 1 aromatic carbocycles. The lowest BCUT2D eigenvalue weighted by Crippen LogP contribution is -2.16. The Morgan fingerprint density at radius 2 is 1.81 bits per heavy atom. The average molecular weight is 309 g/mol. The fourth-order valence-electron chi connectivity index (χ4n) is 2.42. The van der Waals surface area contributed by atoms with Crippen LogP contribution in [0, 0.1) is 0 Å². The van der Waals surface area contributed by atoms with Gasteiger partial charge in [0, 0.05) is 0 Å². The van der Waals surface area contributed by atoms with E-state index >= 15 is 0 Å². The first-order chi connectivity index (χ1) is 10.1. The first kappa shape index (κ1) is 15.8. The van der Waals surface area contributed by atoms with Crippen molar-refractivity contribution in [3.8, 4) is 0 Å². The number of fused-ring (bicyclic) bond motifs is 1. The van der Waals surface area contributed by atoms with Crippen molar-refractivity contribution in [1.82, 2.24) is 0 Å². The number of anilines is 2. The Hall–Kier alpha value is -1.55. The van der Waals surface area contributed by atoms with E-state index in [4.69, 9.17) is 11.6 Å². The maximum absolute atomic E-state index is 11.6. The minimum Gasteiger partial charge on any atom is -0.324 e. The predicted molar refractivity (Wildman–Crippen MR) is 85.7 cm³/mol. The number of nitrogens with one attached hydrogen (secondary N) is 2. The molecule has 1 aliphatic heterocycles. The standard InChI is InChI=1S/C16H21ClN2O2/c1-2-3-4-5-6-12(17)11-7-8-13-14(9-11)19-16(21)10-15(20)18-13/h7-9,12H,2-6,10H2,1H3,(H,18,20)(H,19,21). The van der Waals surface area contributed by atoms with Crippen molar-refractivity contribution >= 4 is 34.8 Å². The van der Waals surface area contributed by atoms with Gasteiger partial charge in [-0.1, -0.05) is 38.7 Å². The summed E-state index contributed by atoms with van der Waals surface area (Å²) in [4.78, 5) is 23.1. The summed E-state index contributed by atoms with van der Waals surface area (Å²) in [6.07, 6.45) is 5.50. The fraction of sp³-hybridized carbons (Fsp3) is 0.500. The molecule has 0 bridgehead atoms. The van der Waals surface area contributed by atoms with Crippen LogP contribution in [0.25, 0.3) is 0 Å². The molecule has 0 saturated carbocycles. The summed E-state index contributed by atoms with van der Waals surface area (Å²) in [6.45, 7) is 2.18. The smallest absolute Gasteiger partial charge is 0.233 e. The van der Waals surface area contributed by atoms with Crippen LogP contribution < -0.4 is 10.6 Å². The highest BCUT2D eigenvalue weighted by Gasteiger charge is 2.19. The minimum atomic E-state index is -0.294. The molecule has 1 unspecified atom stereocenters. The van der Waals surface area contributed by atoms with Crippen LogP contribution in [0.4, 0.5) is 11.4 Å². The maximum Gasteiger partial charge on any atom is 0.233 e. The van der Waals surface area contributed by atoms with Crippen molar-refractivity contribution in [2.24, 2.45) is 0 Å². The molecular weight excluding hydrogens is 288 g/mol. The second-order valence-corrected chi connectivity index (χ2v) is 5.92. The number of carbonyl (C=O) groups is 2. The molecule has 0 radical (unpaired) electrons. The van der Waals surface area contributed by atoms with Gasteiger partial charge in [0.05, 0.1) is 16.8 Å². The zero-order valence-corrected chi connectivity index (χ0v) is 13.0. The normalized spacial score (nSPS) is 15.7. The molecule has 0 aromatic heterocycles. The predicted octanol–water partition coefficient (Wildman–Crippen LogP) is 4.22. The molecule has 2 amide bonds. The number of rotatable bonds is 6. The number of hydrogen-bond donors (Lipinski definition) is 2. The number of hydrogen-bond acceptors (Lipinski definition) is 2. The molecule has 2 rings (SSSR count). The molecule has 1 aromatic rings. The van der Waals surface area contributed by atoms with Crippen molar-refractivity contribution in [1.29, 1.82) is 0 Å². The van der Waals surface area contributed by atoms with E-state index in [1.807, 2.05) is 12.1 Å². The van der Waals surface area contributed by atoms with E-state index < -0.39 is 0 Å². The third-order valence-corrected chi connectivity index (χ3v) is 4.06. The van der Waals surface area contributed by atoms with Gasteiger partial charge in [-0.25, -0.2) is 0 Å². The first-order valence-corrected chi connectivity index (χ1v) is 7.91. The molecule has 0 aliphatic carbocycles. The molecule has 0 saturated heterocycles. The molecule has 1 atom stereocenters. The first-order valence-electron chi connectivity index (χ1n) is 7.48. The number of carbonyl (C=O) groups excluding carboxylic acids is 2. The van der Waals surface area contributed by atoms with E-state index in [0.717, 1.165) is 18.4 Å². The van der Waals surface area contributed by atoms with Crippen LogP contribution in [-0.2, 0) is 9.59 Å². The van der Waals surface area contributed by atoms with E-state index in [2.05, 4.69) is 17.6 Å². The Morgan fingerprint density at radius 3 is 2.52 bits per heavy atom. The highest BCUT2D eigenvalue weighted by atomic mass is 35.5. The Balaban J connectivity index is 2.05. The van der Waals surface area contributed by atoms with Gasteiger partial charge in [-0.2, -0.15) is 0 Å². The average Bonchev–Trinajstić information content (AvgIpc) is 2.58. The van der Waals surface area contributed by atoms with Crippen molar-refractivity contribution in [2.75, 3.05) is 10.6 Å². The lowest BCUT2D eigenvalue weighted by atomic mass is 10.0. The summed E-state index contributed by atoms with van der Waals surface area (Å²) in [6, 6.07) is 5.57. The summed E-state index contributed by atoms with van der Waals surface area (Å²) >= 11 is 6.43. The third kappa shape index (κ3) is 4.46.